The zero-order valence-electron chi connectivity index (χ0n) is 15.5. The monoisotopic (exact) mass is 362 g/mol. The molecule has 1 saturated heterocycles. The number of piperidine rings is 1. The molecule has 3 aromatic rings. The van der Waals surface area contributed by atoms with Gasteiger partial charge in [-0.25, -0.2) is 4.98 Å². The molecule has 3 heterocycles. The Morgan fingerprint density at radius 1 is 1.15 bits per heavy atom. The number of imidazole rings is 1. The summed E-state index contributed by atoms with van der Waals surface area (Å²) >= 11 is 0. The highest BCUT2D eigenvalue weighted by molar-refractivity contribution is 5.62. The molecule has 2 N–H and O–H groups in total. The van der Waals surface area contributed by atoms with Crippen molar-refractivity contribution < 1.29 is 5.11 Å². The van der Waals surface area contributed by atoms with Gasteiger partial charge in [0, 0.05) is 36.7 Å². The van der Waals surface area contributed by atoms with Crippen molar-refractivity contribution >= 4 is 0 Å². The van der Waals surface area contributed by atoms with Crippen LogP contribution in [0.1, 0.15) is 36.8 Å². The smallest absolute Gasteiger partial charge is 0.116 e. The van der Waals surface area contributed by atoms with Crippen LogP contribution in [0.3, 0.4) is 0 Å². The second kappa shape index (κ2) is 8.35. The van der Waals surface area contributed by atoms with E-state index in [9.17, 15) is 5.11 Å². The molecule has 2 aromatic heterocycles. The first-order chi connectivity index (χ1) is 13.3. The van der Waals surface area contributed by atoms with Crippen LogP contribution in [0.25, 0.3) is 11.3 Å². The Labute approximate surface area is 160 Å². The van der Waals surface area contributed by atoms with Crippen molar-refractivity contribution in [3.05, 3.63) is 66.4 Å². The van der Waals surface area contributed by atoms with Gasteiger partial charge in [-0.3, -0.25) is 4.98 Å². The highest BCUT2D eigenvalue weighted by Crippen LogP contribution is 2.26. The molecule has 1 fully saturated rings. The first kappa shape index (κ1) is 17.7. The van der Waals surface area contributed by atoms with Crippen LogP contribution in [0.15, 0.2) is 55.2 Å². The maximum absolute atomic E-state index is 10.2. The number of benzene rings is 1. The zero-order valence-corrected chi connectivity index (χ0v) is 15.5. The highest BCUT2D eigenvalue weighted by Gasteiger charge is 2.13. The van der Waals surface area contributed by atoms with Gasteiger partial charge >= 0.3 is 0 Å². The fourth-order valence-corrected chi connectivity index (χ4v) is 3.76. The Bertz CT molecular complexity index is 853. The lowest BCUT2D eigenvalue weighted by Gasteiger charge is -2.23. The summed E-state index contributed by atoms with van der Waals surface area (Å²) < 4.78 is 2.02. The summed E-state index contributed by atoms with van der Waals surface area (Å²) in [5, 5.41) is 13.8. The highest BCUT2D eigenvalue weighted by atomic mass is 16.3. The van der Waals surface area contributed by atoms with Crippen molar-refractivity contribution in [2.24, 2.45) is 0 Å². The quantitative estimate of drug-likeness (QED) is 0.701. The molecule has 0 saturated carbocycles. The number of aromatic hydroxyl groups is 1. The largest absolute Gasteiger partial charge is 0.508 e. The Morgan fingerprint density at radius 2 is 2.11 bits per heavy atom. The molecule has 1 atom stereocenters. The van der Waals surface area contributed by atoms with E-state index in [0.717, 1.165) is 42.8 Å². The van der Waals surface area contributed by atoms with Gasteiger partial charge in [-0.1, -0.05) is 12.5 Å². The molecule has 140 valence electrons. The van der Waals surface area contributed by atoms with Crippen LogP contribution in [-0.4, -0.2) is 32.2 Å². The normalized spacial score (nSPS) is 17.1. The lowest BCUT2D eigenvalue weighted by atomic mass is 9.96. The average Bonchev–Trinajstić information content (AvgIpc) is 3.20. The minimum absolute atomic E-state index is 0.309. The van der Waals surface area contributed by atoms with Gasteiger partial charge in [-0.15, -0.1) is 0 Å². The molecular formula is C22H26N4O. The number of phenolic OH excluding ortho intramolecular Hbond substituents is 1. The molecule has 5 nitrogen and oxygen atoms in total. The number of nitrogens with one attached hydrogen (secondary N) is 1. The SMILES string of the molecule is Oc1cc(CC[C@H]2CCCCN2)cc(-c2ccc(Cn3ccnc3)cn2)c1. The van der Waals surface area contributed by atoms with Gasteiger partial charge in [0.2, 0.25) is 0 Å². The summed E-state index contributed by atoms with van der Waals surface area (Å²) in [6.45, 7) is 1.89. The molecular weight excluding hydrogens is 336 g/mol. The summed E-state index contributed by atoms with van der Waals surface area (Å²) in [7, 11) is 0. The van der Waals surface area contributed by atoms with Crippen molar-refractivity contribution in [3.8, 4) is 17.0 Å². The Balaban J connectivity index is 1.45. The molecule has 0 aliphatic carbocycles. The van der Waals surface area contributed by atoms with Gasteiger partial charge in [0.25, 0.3) is 0 Å². The van der Waals surface area contributed by atoms with Crippen molar-refractivity contribution in [1.82, 2.24) is 19.9 Å². The Kier molecular flexibility index (Phi) is 5.49. The standard InChI is InChI=1S/C22H26N4O/c27-21-12-17(4-6-20-3-1-2-8-24-20)11-19(13-21)22-7-5-18(14-25-22)15-26-10-9-23-16-26/h5,7,9-14,16,20,24,27H,1-4,6,8,15H2/t20-/m1/s1. The van der Waals surface area contributed by atoms with Crippen molar-refractivity contribution in [2.75, 3.05) is 6.54 Å². The van der Waals surface area contributed by atoms with E-state index < -0.39 is 0 Å². The molecule has 0 amide bonds. The van der Waals surface area contributed by atoms with Crippen molar-refractivity contribution in [3.63, 3.8) is 0 Å². The van der Waals surface area contributed by atoms with Gasteiger partial charge in [0.05, 0.1) is 12.0 Å². The Hall–Kier alpha value is -2.66. The van der Waals surface area contributed by atoms with Crippen LogP contribution < -0.4 is 5.32 Å². The second-order valence-corrected chi connectivity index (χ2v) is 7.36. The van der Waals surface area contributed by atoms with Crippen LogP contribution >= 0.6 is 0 Å². The number of rotatable bonds is 6. The summed E-state index contributed by atoms with van der Waals surface area (Å²) in [4.78, 5) is 8.67. The first-order valence-corrected chi connectivity index (χ1v) is 9.74. The van der Waals surface area contributed by atoms with Crippen LogP contribution in [0.5, 0.6) is 5.75 Å². The number of pyridine rings is 1. The van der Waals surface area contributed by atoms with Crippen LogP contribution in [-0.2, 0) is 13.0 Å². The molecule has 1 aliphatic heterocycles. The maximum Gasteiger partial charge on any atom is 0.116 e. The van der Waals surface area contributed by atoms with Crippen LogP contribution in [0.2, 0.25) is 0 Å². The molecule has 27 heavy (non-hydrogen) atoms. The number of hydrogen-bond donors (Lipinski definition) is 2. The van der Waals surface area contributed by atoms with E-state index in [1.165, 1.54) is 24.8 Å². The fourth-order valence-electron chi connectivity index (χ4n) is 3.76. The third-order valence-corrected chi connectivity index (χ3v) is 5.22. The van der Waals surface area contributed by atoms with Gasteiger partial charge in [-0.2, -0.15) is 0 Å². The summed E-state index contributed by atoms with van der Waals surface area (Å²) in [6.07, 6.45) is 13.4. The number of aromatic nitrogens is 3. The summed E-state index contributed by atoms with van der Waals surface area (Å²) in [5.41, 5.74) is 4.15. The van der Waals surface area contributed by atoms with E-state index >= 15 is 0 Å². The zero-order chi connectivity index (χ0) is 18.5. The number of phenols is 1. The van der Waals surface area contributed by atoms with E-state index in [1.807, 2.05) is 29.1 Å². The first-order valence-electron chi connectivity index (χ1n) is 9.74. The number of nitrogens with zero attached hydrogens (tertiary/aromatic N) is 3. The van der Waals surface area contributed by atoms with Crippen LogP contribution in [0, 0.1) is 0 Å². The molecule has 1 aliphatic rings. The van der Waals surface area contributed by atoms with Gasteiger partial charge in [0.15, 0.2) is 0 Å². The number of hydrogen-bond acceptors (Lipinski definition) is 4. The third-order valence-electron chi connectivity index (χ3n) is 5.22. The van der Waals surface area contributed by atoms with E-state index in [4.69, 9.17) is 0 Å². The van der Waals surface area contributed by atoms with E-state index in [2.05, 4.69) is 27.4 Å². The minimum atomic E-state index is 0.309. The molecule has 0 unspecified atom stereocenters. The predicted molar refractivity (Wildman–Crippen MR) is 107 cm³/mol. The molecule has 5 heteroatoms. The molecule has 0 bridgehead atoms. The van der Waals surface area contributed by atoms with E-state index in [1.54, 1.807) is 18.6 Å². The van der Waals surface area contributed by atoms with Crippen molar-refractivity contribution in [2.45, 2.75) is 44.7 Å². The second-order valence-electron chi connectivity index (χ2n) is 7.36. The molecule has 0 radical (unpaired) electrons. The van der Waals surface area contributed by atoms with Gasteiger partial charge in [0.1, 0.15) is 5.75 Å². The van der Waals surface area contributed by atoms with Gasteiger partial charge < -0.3 is 15.0 Å². The topological polar surface area (TPSA) is 63.0 Å². The third kappa shape index (κ3) is 4.74. The summed E-state index contributed by atoms with van der Waals surface area (Å²) in [6, 6.07) is 10.5. The fraction of sp³-hybridized carbons (Fsp3) is 0.364. The molecule has 4 rings (SSSR count). The Morgan fingerprint density at radius 3 is 2.85 bits per heavy atom. The average molecular weight is 362 g/mol. The lowest BCUT2D eigenvalue weighted by Crippen LogP contribution is -2.34. The predicted octanol–water partition coefficient (Wildman–Crippen LogP) is 3.77. The van der Waals surface area contributed by atoms with E-state index in [-0.39, 0.29) is 0 Å². The minimum Gasteiger partial charge on any atom is -0.508 e. The maximum atomic E-state index is 10.2. The lowest BCUT2D eigenvalue weighted by molar-refractivity contribution is 0.382. The molecule has 1 aromatic carbocycles. The van der Waals surface area contributed by atoms with E-state index in [0.29, 0.717) is 11.8 Å². The van der Waals surface area contributed by atoms with Gasteiger partial charge in [-0.05, 0) is 67.6 Å². The summed E-state index contributed by atoms with van der Waals surface area (Å²) in [5.74, 6) is 0.309. The van der Waals surface area contributed by atoms with Crippen molar-refractivity contribution in [1.29, 1.82) is 0 Å². The molecule has 0 spiro atoms. The van der Waals surface area contributed by atoms with Crippen LogP contribution in [0.4, 0.5) is 0 Å². The number of aryl methyl sites for hydroxylation is 1.